The number of nitrogen functional groups attached to an aromatic ring is 1. The van der Waals surface area contributed by atoms with Crippen molar-refractivity contribution in [3.63, 3.8) is 0 Å². The van der Waals surface area contributed by atoms with Gasteiger partial charge in [-0.25, -0.2) is 0 Å². The normalized spacial score (nSPS) is 11.9. The highest BCUT2D eigenvalue weighted by Crippen LogP contribution is 1.87. The third kappa shape index (κ3) is 1.10. The Kier molecular flexibility index (Phi) is 1.62. The van der Waals surface area contributed by atoms with Crippen LogP contribution in [-0.4, -0.2) is 4.68 Å². The second kappa shape index (κ2) is 2.43. The molecule has 0 aromatic carbocycles. The summed E-state index contributed by atoms with van der Waals surface area (Å²) in [5.41, 5.74) is 1.64. The van der Waals surface area contributed by atoms with E-state index < -0.39 is 0 Å². The summed E-state index contributed by atoms with van der Waals surface area (Å²) >= 11 is 0. The minimum absolute atomic E-state index is 0.561. The molecule has 0 saturated carbocycles. The summed E-state index contributed by atoms with van der Waals surface area (Å²) < 4.78 is 1.38. The Hall–Kier alpha value is -1.45. The molecule has 0 saturated heterocycles. The quantitative estimate of drug-likeness (QED) is 0.367. The van der Waals surface area contributed by atoms with Crippen LogP contribution in [0.3, 0.4) is 0 Å². The van der Waals surface area contributed by atoms with E-state index in [1.54, 1.807) is 12.3 Å². The zero-order chi connectivity index (χ0) is 7.56. The number of hydrogen-bond acceptors (Lipinski definition) is 3. The predicted molar refractivity (Wildman–Crippen MR) is 39.1 cm³/mol. The molecule has 54 valence electrons. The molecule has 10 heavy (non-hydrogen) atoms. The summed E-state index contributed by atoms with van der Waals surface area (Å²) in [6, 6.07) is 3.66. The first-order valence-corrected chi connectivity index (χ1v) is 2.92. The van der Waals surface area contributed by atoms with Crippen molar-refractivity contribution in [2.24, 2.45) is 10.9 Å². The molecule has 0 aliphatic carbocycles. The first kappa shape index (κ1) is 6.67. The van der Waals surface area contributed by atoms with Gasteiger partial charge < -0.3 is 11.7 Å². The summed E-state index contributed by atoms with van der Waals surface area (Å²) in [7, 11) is 0. The van der Waals surface area contributed by atoms with Crippen molar-refractivity contribution in [1.82, 2.24) is 4.68 Å². The molecular weight excluding hydrogens is 128 g/mol. The van der Waals surface area contributed by atoms with Crippen molar-refractivity contribution in [3.8, 4) is 0 Å². The molecule has 4 heteroatoms. The van der Waals surface area contributed by atoms with Crippen LogP contribution >= 0.6 is 0 Å². The highest BCUT2D eigenvalue weighted by Gasteiger charge is 1.86. The number of nitrogens with two attached hydrogens (primary N) is 2. The Bertz CT molecular complexity index is 286. The Labute approximate surface area is 58.7 Å². The van der Waals surface area contributed by atoms with Crippen molar-refractivity contribution in [1.29, 1.82) is 0 Å². The van der Waals surface area contributed by atoms with Gasteiger partial charge in [0.25, 0.3) is 0 Å². The molecule has 0 amide bonds. The molecule has 0 atom stereocenters. The summed E-state index contributed by atoms with van der Waals surface area (Å²) in [4.78, 5) is 0. The van der Waals surface area contributed by atoms with Crippen molar-refractivity contribution >= 4 is 0 Å². The second-order valence-corrected chi connectivity index (χ2v) is 2.10. The highest BCUT2D eigenvalue weighted by molar-refractivity contribution is 5.06. The van der Waals surface area contributed by atoms with Crippen LogP contribution in [0.2, 0.25) is 0 Å². The molecule has 0 spiro atoms. The van der Waals surface area contributed by atoms with E-state index in [1.165, 1.54) is 4.68 Å². The molecule has 4 nitrogen and oxygen atoms in total. The minimum Gasteiger partial charge on any atom is -0.338 e. The van der Waals surface area contributed by atoms with E-state index in [0.717, 1.165) is 5.56 Å². The molecule has 0 bridgehead atoms. The van der Waals surface area contributed by atoms with E-state index in [-0.39, 0.29) is 0 Å². The van der Waals surface area contributed by atoms with Gasteiger partial charge in [0.15, 0.2) is 5.49 Å². The first-order chi connectivity index (χ1) is 4.74. The van der Waals surface area contributed by atoms with Crippen LogP contribution in [0.5, 0.6) is 0 Å². The van der Waals surface area contributed by atoms with Crippen LogP contribution in [0.4, 0.5) is 0 Å². The molecule has 0 aliphatic heterocycles. The van der Waals surface area contributed by atoms with Gasteiger partial charge in [0.1, 0.15) is 0 Å². The van der Waals surface area contributed by atoms with Crippen molar-refractivity contribution in [2.45, 2.75) is 6.92 Å². The van der Waals surface area contributed by atoms with Gasteiger partial charge in [-0.05, 0) is 18.6 Å². The Morgan fingerprint density at radius 3 is 2.70 bits per heavy atom. The summed E-state index contributed by atoms with van der Waals surface area (Å²) in [6.45, 7) is 1.95. The van der Waals surface area contributed by atoms with E-state index in [2.05, 4.69) is 5.10 Å². The lowest BCUT2D eigenvalue weighted by Gasteiger charge is -1.98. The maximum absolute atomic E-state index is 5.47. The SMILES string of the molecule is Cc1cc/c(=N/N)n(N)c1. The van der Waals surface area contributed by atoms with Crippen LogP contribution in [0, 0.1) is 6.92 Å². The van der Waals surface area contributed by atoms with Gasteiger partial charge in [-0.15, -0.1) is 0 Å². The lowest BCUT2D eigenvalue weighted by molar-refractivity contribution is 0.867. The van der Waals surface area contributed by atoms with Gasteiger partial charge in [0.05, 0.1) is 0 Å². The smallest absolute Gasteiger partial charge is 0.170 e. The molecule has 1 aromatic heterocycles. The number of nitrogens with zero attached hydrogens (tertiary/aromatic N) is 2. The number of hydrogen-bond donors (Lipinski definition) is 2. The first-order valence-electron chi connectivity index (χ1n) is 2.92. The average molecular weight is 138 g/mol. The van der Waals surface area contributed by atoms with Gasteiger partial charge in [-0.3, -0.25) is 4.68 Å². The third-order valence-electron chi connectivity index (χ3n) is 1.23. The van der Waals surface area contributed by atoms with Gasteiger partial charge in [-0.1, -0.05) is 6.07 Å². The number of rotatable bonds is 0. The molecular formula is C6H10N4. The fourth-order valence-electron chi connectivity index (χ4n) is 0.730. The molecule has 0 unspecified atom stereocenters. The lowest BCUT2D eigenvalue weighted by Crippen LogP contribution is -2.28. The Morgan fingerprint density at radius 1 is 1.50 bits per heavy atom. The Morgan fingerprint density at radius 2 is 2.20 bits per heavy atom. The fraction of sp³-hybridized carbons (Fsp3) is 0.167. The second-order valence-electron chi connectivity index (χ2n) is 2.10. The largest absolute Gasteiger partial charge is 0.338 e. The summed E-state index contributed by atoms with van der Waals surface area (Å²) in [6.07, 6.45) is 1.76. The summed E-state index contributed by atoms with van der Waals surface area (Å²) in [5, 5.41) is 3.45. The van der Waals surface area contributed by atoms with Gasteiger partial charge >= 0.3 is 0 Å². The number of pyridine rings is 1. The van der Waals surface area contributed by atoms with Gasteiger partial charge in [-0.2, -0.15) is 5.10 Å². The van der Waals surface area contributed by atoms with E-state index in [0.29, 0.717) is 5.49 Å². The molecule has 4 N–H and O–H groups in total. The molecule has 0 radical (unpaired) electrons. The number of aromatic nitrogens is 1. The molecule has 1 aromatic rings. The maximum atomic E-state index is 5.47. The predicted octanol–water partition coefficient (Wildman–Crippen LogP) is -0.715. The van der Waals surface area contributed by atoms with Crippen LogP contribution in [-0.2, 0) is 0 Å². The Balaban J connectivity index is 3.34. The third-order valence-corrected chi connectivity index (χ3v) is 1.23. The molecule has 1 heterocycles. The maximum Gasteiger partial charge on any atom is 0.170 e. The van der Waals surface area contributed by atoms with Gasteiger partial charge in [0, 0.05) is 6.20 Å². The van der Waals surface area contributed by atoms with Crippen molar-refractivity contribution in [2.75, 3.05) is 5.84 Å². The van der Waals surface area contributed by atoms with Gasteiger partial charge in [0.2, 0.25) is 0 Å². The summed E-state index contributed by atoms with van der Waals surface area (Å²) in [5.74, 6) is 10.5. The van der Waals surface area contributed by atoms with Crippen LogP contribution in [0.1, 0.15) is 5.56 Å². The monoisotopic (exact) mass is 138 g/mol. The minimum atomic E-state index is 0.561. The zero-order valence-electron chi connectivity index (χ0n) is 5.78. The zero-order valence-corrected chi connectivity index (χ0v) is 5.78. The van der Waals surface area contributed by atoms with Crippen LogP contribution < -0.4 is 17.2 Å². The van der Waals surface area contributed by atoms with Crippen molar-refractivity contribution < 1.29 is 0 Å². The van der Waals surface area contributed by atoms with Crippen LogP contribution in [0.15, 0.2) is 23.4 Å². The van der Waals surface area contributed by atoms with E-state index in [4.69, 9.17) is 11.7 Å². The molecule has 1 rings (SSSR count). The van der Waals surface area contributed by atoms with E-state index >= 15 is 0 Å². The fourth-order valence-corrected chi connectivity index (χ4v) is 0.730. The van der Waals surface area contributed by atoms with Crippen molar-refractivity contribution in [3.05, 3.63) is 29.4 Å². The molecule has 0 fully saturated rings. The van der Waals surface area contributed by atoms with E-state index in [1.807, 2.05) is 13.0 Å². The lowest BCUT2D eigenvalue weighted by atomic mass is 10.3. The van der Waals surface area contributed by atoms with Crippen LogP contribution in [0.25, 0.3) is 0 Å². The standard InChI is InChI=1S/C6H10N4/c1-5-2-3-6(9-7)10(8)4-5/h2-4H,7-8H2,1H3/b9-6-. The van der Waals surface area contributed by atoms with E-state index in [9.17, 15) is 0 Å². The molecule has 0 aliphatic rings. The topological polar surface area (TPSA) is 69.3 Å². The average Bonchev–Trinajstić information content (AvgIpc) is 1.88. The number of aryl methyl sites for hydroxylation is 1. The highest BCUT2D eigenvalue weighted by atomic mass is 15.3.